The normalized spacial score (nSPS) is 23.4. The van der Waals surface area contributed by atoms with Crippen LogP contribution in [0.25, 0.3) is 11.3 Å². The van der Waals surface area contributed by atoms with Crippen molar-refractivity contribution in [2.45, 2.75) is 38.0 Å². The number of piperidine rings is 1. The van der Waals surface area contributed by atoms with Crippen LogP contribution in [0.2, 0.25) is 0 Å². The molecule has 4 aliphatic heterocycles. The van der Waals surface area contributed by atoms with E-state index >= 15 is 0 Å². The van der Waals surface area contributed by atoms with E-state index in [1.54, 1.807) is 0 Å². The Balaban J connectivity index is 1.54. The second kappa shape index (κ2) is 7.25. The lowest BCUT2D eigenvalue weighted by atomic mass is 9.97. The second-order valence-electron chi connectivity index (χ2n) is 7.58. The number of morpholine rings is 1. The summed E-state index contributed by atoms with van der Waals surface area (Å²) >= 11 is 0. The molecule has 4 aliphatic rings. The minimum atomic E-state index is -2.98. The maximum Gasteiger partial charge on any atom is 0.387 e. The number of nitrogens with two attached hydrogens (primary N) is 1. The van der Waals surface area contributed by atoms with Crippen molar-refractivity contribution in [2.75, 3.05) is 41.8 Å². The molecule has 2 atom stereocenters. The molecule has 0 radical (unpaired) electrons. The highest BCUT2D eigenvalue weighted by Gasteiger charge is 2.36. The van der Waals surface area contributed by atoms with Gasteiger partial charge in [0.05, 0.1) is 24.4 Å². The third-order valence-electron chi connectivity index (χ3n) is 5.71. The predicted molar refractivity (Wildman–Crippen MR) is 103 cm³/mol. The molecular weight excluding hydrogens is 382 g/mol. The van der Waals surface area contributed by atoms with Gasteiger partial charge < -0.3 is 25.0 Å². The van der Waals surface area contributed by atoms with Gasteiger partial charge in [-0.05, 0) is 25.3 Å². The summed E-state index contributed by atoms with van der Waals surface area (Å²) in [6.45, 7) is 0.310. The third kappa shape index (κ3) is 3.52. The van der Waals surface area contributed by atoms with E-state index in [1.165, 1.54) is 12.3 Å². The summed E-state index contributed by atoms with van der Waals surface area (Å²) in [4.78, 5) is 17.9. The van der Waals surface area contributed by atoms with Gasteiger partial charge in [-0.25, -0.2) is 9.97 Å². The highest BCUT2D eigenvalue weighted by atomic mass is 19.3. The fraction of sp³-hybridized carbons (Fsp3) is 0.526. The smallest absolute Gasteiger partial charge is 0.387 e. The SMILES string of the molecule is Nc1ncc(-c2cc(N3C[C@@H]4CC[C@H]3CO4)nc(N3CCC3)n2)cc1OC(F)F. The van der Waals surface area contributed by atoms with E-state index in [4.69, 9.17) is 15.5 Å². The Hall–Kier alpha value is -2.75. The molecule has 4 saturated heterocycles. The van der Waals surface area contributed by atoms with Gasteiger partial charge in [-0.2, -0.15) is 13.8 Å². The molecule has 0 saturated carbocycles. The van der Waals surface area contributed by atoms with Gasteiger partial charge in [0.15, 0.2) is 11.6 Å². The van der Waals surface area contributed by atoms with Crippen molar-refractivity contribution in [1.82, 2.24) is 15.0 Å². The van der Waals surface area contributed by atoms with Crippen molar-refractivity contribution in [3.63, 3.8) is 0 Å². The fourth-order valence-corrected chi connectivity index (χ4v) is 3.99. The van der Waals surface area contributed by atoms with Gasteiger partial charge in [0.1, 0.15) is 5.82 Å². The molecule has 154 valence electrons. The van der Waals surface area contributed by atoms with Gasteiger partial charge >= 0.3 is 6.61 Å². The molecule has 0 unspecified atom stereocenters. The number of pyridine rings is 1. The monoisotopic (exact) mass is 404 g/mol. The van der Waals surface area contributed by atoms with E-state index in [-0.39, 0.29) is 23.7 Å². The van der Waals surface area contributed by atoms with Gasteiger partial charge in [-0.1, -0.05) is 0 Å². The Labute approximate surface area is 166 Å². The summed E-state index contributed by atoms with van der Waals surface area (Å²) < 4.78 is 35.7. The van der Waals surface area contributed by atoms with Gasteiger partial charge in [0.25, 0.3) is 0 Å². The van der Waals surface area contributed by atoms with E-state index in [1.807, 2.05) is 6.07 Å². The molecule has 0 aromatic carbocycles. The number of rotatable bonds is 5. The number of hydrogen-bond acceptors (Lipinski definition) is 8. The zero-order chi connectivity index (χ0) is 20.0. The van der Waals surface area contributed by atoms with Crippen LogP contribution in [0, 0.1) is 0 Å². The summed E-state index contributed by atoms with van der Waals surface area (Å²) in [5.74, 6) is 1.22. The maximum absolute atomic E-state index is 12.7. The van der Waals surface area contributed by atoms with Crippen LogP contribution in [0.3, 0.4) is 0 Å². The lowest BCUT2D eigenvalue weighted by molar-refractivity contribution is -0.0494. The number of nitrogens with zero attached hydrogens (tertiary/aromatic N) is 5. The average molecular weight is 404 g/mol. The van der Waals surface area contributed by atoms with Crippen molar-refractivity contribution in [2.24, 2.45) is 0 Å². The Morgan fingerprint density at radius 1 is 1.21 bits per heavy atom. The topological polar surface area (TPSA) is 89.6 Å². The van der Waals surface area contributed by atoms with E-state index < -0.39 is 6.61 Å². The Morgan fingerprint density at radius 3 is 2.69 bits per heavy atom. The quantitative estimate of drug-likeness (QED) is 0.812. The third-order valence-corrected chi connectivity index (χ3v) is 5.71. The van der Waals surface area contributed by atoms with Gasteiger partial charge in [-0.15, -0.1) is 0 Å². The molecule has 2 bridgehead atoms. The molecule has 29 heavy (non-hydrogen) atoms. The van der Waals surface area contributed by atoms with Crippen LogP contribution in [0.4, 0.5) is 26.4 Å². The van der Waals surface area contributed by atoms with Gasteiger partial charge in [0.2, 0.25) is 5.95 Å². The minimum Gasteiger partial charge on any atom is -0.431 e. The number of nitrogen functional groups attached to an aromatic ring is 1. The molecule has 8 nitrogen and oxygen atoms in total. The lowest BCUT2D eigenvalue weighted by Gasteiger charge is -2.46. The van der Waals surface area contributed by atoms with E-state index in [0.29, 0.717) is 23.8 Å². The predicted octanol–water partition coefficient (Wildman–Crippen LogP) is 2.30. The minimum absolute atomic E-state index is 0.0863. The molecule has 6 rings (SSSR count). The van der Waals surface area contributed by atoms with Gasteiger partial charge in [-0.3, -0.25) is 0 Å². The number of alkyl halides is 2. The molecule has 2 aromatic heterocycles. The standard InChI is InChI=1S/C19H22F2N6O2/c20-18(21)29-15-6-11(8-23-17(15)22)14-7-16(25-19(24-14)26-4-1-5-26)27-9-13-3-2-12(27)10-28-13/h6-8,12-13,18H,1-5,9-10H2,(H2,22,23)/t12-,13-/m0/s1. The number of hydrogen-bond donors (Lipinski definition) is 1. The first-order chi connectivity index (χ1) is 14.1. The molecule has 0 spiro atoms. The van der Waals surface area contributed by atoms with Crippen LogP contribution >= 0.6 is 0 Å². The Morgan fingerprint density at radius 2 is 2.07 bits per heavy atom. The van der Waals surface area contributed by atoms with E-state index in [9.17, 15) is 8.78 Å². The molecule has 0 aliphatic carbocycles. The zero-order valence-corrected chi connectivity index (χ0v) is 15.8. The van der Waals surface area contributed by atoms with Crippen LogP contribution in [0.15, 0.2) is 18.3 Å². The number of anilines is 3. The zero-order valence-electron chi connectivity index (χ0n) is 15.8. The summed E-state index contributed by atoms with van der Waals surface area (Å²) in [7, 11) is 0. The van der Waals surface area contributed by atoms with Crippen molar-refractivity contribution >= 4 is 17.6 Å². The maximum atomic E-state index is 12.7. The summed E-state index contributed by atoms with van der Waals surface area (Å²) in [6.07, 6.45) is 4.97. The van der Waals surface area contributed by atoms with E-state index in [2.05, 4.69) is 24.5 Å². The summed E-state index contributed by atoms with van der Waals surface area (Å²) in [5, 5.41) is 0. The van der Waals surface area contributed by atoms with Crippen molar-refractivity contribution in [3.05, 3.63) is 18.3 Å². The van der Waals surface area contributed by atoms with Crippen LogP contribution in [0.5, 0.6) is 5.75 Å². The van der Waals surface area contributed by atoms with Crippen molar-refractivity contribution in [3.8, 4) is 17.0 Å². The molecule has 4 fully saturated rings. The highest BCUT2D eigenvalue weighted by molar-refractivity contribution is 5.68. The molecular formula is C19H22F2N6O2. The fourth-order valence-electron chi connectivity index (χ4n) is 3.99. The van der Waals surface area contributed by atoms with Crippen LogP contribution in [-0.4, -0.2) is 60.0 Å². The number of fused-ring (bicyclic) bond motifs is 3. The first-order valence-corrected chi connectivity index (χ1v) is 9.80. The lowest BCUT2D eigenvalue weighted by Crippen LogP contribution is -2.55. The average Bonchev–Trinajstić information content (AvgIpc) is 2.68. The van der Waals surface area contributed by atoms with E-state index in [0.717, 1.165) is 44.7 Å². The second-order valence-corrected chi connectivity index (χ2v) is 7.58. The molecule has 2 aromatic rings. The summed E-state index contributed by atoms with van der Waals surface area (Å²) in [6, 6.07) is 3.62. The van der Waals surface area contributed by atoms with Crippen LogP contribution < -0.4 is 20.3 Å². The molecule has 10 heteroatoms. The van der Waals surface area contributed by atoms with Crippen molar-refractivity contribution < 1.29 is 18.3 Å². The molecule has 2 N–H and O–H groups in total. The highest BCUT2D eigenvalue weighted by Crippen LogP contribution is 2.34. The first kappa shape index (κ1) is 18.3. The summed E-state index contributed by atoms with van der Waals surface area (Å²) in [5.41, 5.74) is 6.84. The van der Waals surface area contributed by atoms with Crippen LogP contribution in [-0.2, 0) is 4.74 Å². The van der Waals surface area contributed by atoms with Crippen LogP contribution in [0.1, 0.15) is 19.3 Å². The Bertz CT molecular complexity index is 902. The first-order valence-electron chi connectivity index (χ1n) is 9.80. The molecule has 0 amide bonds. The number of ether oxygens (including phenoxy) is 2. The molecule has 6 heterocycles. The van der Waals surface area contributed by atoms with Crippen molar-refractivity contribution in [1.29, 1.82) is 0 Å². The largest absolute Gasteiger partial charge is 0.431 e. The Kier molecular flexibility index (Phi) is 4.57. The number of halogens is 2. The van der Waals surface area contributed by atoms with Gasteiger partial charge in [0, 0.05) is 37.5 Å². The number of aromatic nitrogens is 3.